The lowest BCUT2D eigenvalue weighted by atomic mass is 10.3. The number of nitrogens with zero attached hydrogens (tertiary/aromatic N) is 2. The van der Waals surface area contributed by atoms with Crippen molar-refractivity contribution in [3.8, 4) is 0 Å². The predicted molar refractivity (Wildman–Crippen MR) is 88.7 cm³/mol. The van der Waals surface area contributed by atoms with Crippen LogP contribution in [0.15, 0.2) is 59.3 Å². The molecule has 1 aromatic carbocycles. The average molecular weight is 345 g/mol. The first kappa shape index (κ1) is 16.8. The number of carbonyl (C=O) groups is 1. The Morgan fingerprint density at radius 3 is 2.64 bits per heavy atom. The number of hydrogen-bond donors (Lipinski definition) is 1. The SMILES string of the molecule is Cn1cccc1CN(Cc1ccco1)C(=O)Nc1ccc(F)c(F)c1. The second kappa shape index (κ2) is 7.21. The van der Waals surface area contributed by atoms with Gasteiger partial charge in [-0.15, -0.1) is 0 Å². The fraction of sp³-hybridized carbons (Fsp3) is 0.167. The molecule has 3 rings (SSSR count). The normalized spacial score (nSPS) is 10.7. The van der Waals surface area contributed by atoms with Gasteiger partial charge in [0.05, 0.1) is 19.4 Å². The topological polar surface area (TPSA) is 50.4 Å². The summed E-state index contributed by atoms with van der Waals surface area (Å²) in [6.45, 7) is 0.577. The van der Waals surface area contributed by atoms with Crippen LogP contribution < -0.4 is 5.32 Å². The molecular formula is C18H17F2N3O2. The summed E-state index contributed by atoms with van der Waals surface area (Å²) in [4.78, 5) is 14.1. The van der Waals surface area contributed by atoms with Crippen molar-refractivity contribution in [2.45, 2.75) is 13.1 Å². The standard InChI is InChI=1S/C18H17F2N3O2/c1-22-8-2-4-14(22)11-23(12-15-5-3-9-25-15)18(24)21-13-6-7-16(19)17(20)10-13/h2-10H,11-12H2,1H3,(H,21,24). The Kier molecular flexibility index (Phi) is 4.83. The molecule has 0 saturated heterocycles. The number of furan rings is 1. The zero-order chi connectivity index (χ0) is 17.8. The largest absolute Gasteiger partial charge is 0.467 e. The van der Waals surface area contributed by atoms with E-state index in [2.05, 4.69) is 5.32 Å². The lowest BCUT2D eigenvalue weighted by molar-refractivity contribution is 0.200. The summed E-state index contributed by atoms with van der Waals surface area (Å²) in [5, 5.41) is 2.58. The Morgan fingerprint density at radius 1 is 1.16 bits per heavy atom. The fourth-order valence-electron chi connectivity index (χ4n) is 2.42. The Morgan fingerprint density at radius 2 is 2.00 bits per heavy atom. The number of benzene rings is 1. The minimum Gasteiger partial charge on any atom is -0.467 e. The first-order chi connectivity index (χ1) is 12.0. The summed E-state index contributed by atoms with van der Waals surface area (Å²) in [6.07, 6.45) is 3.41. The van der Waals surface area contributed by atoms with Crippen LogP contribution in [0.3, 0.4) is 0 Å². The molecule has 0 fully saturated rings. The lowest BCUT2D eigenvalue weighted by Crippen LogP contribution is -2.34. The average Bonchev–Trinajstić information content (AvgIpc) is 3.23. The molecule has 0 unspecified atom stereocenters. The van der Waals surface area contributed by atoms with Crippen LogP contribution in [0.5, 0.6) is 0 Å². The number of aryl methyl sites for hydroxylation is 1. The molecule has 0 bridgehead atoms. The second-order valence-corrected chi connectivity index (χ2v) is 5.60. The van der Waals surface area contributed by atoms with Gasteiger partial charge in [0, 0.05) is 30.7 Å². The molecule has 0 aliphatic rings. The molecule has 2 heterocycles. The van der Waals surface area contributed by atoms with Crippen LogP contribution in [0.2, 0.25) is 0 Å². The van der Waals surface area contributed by atoms with Crippen LogP contribution in [0, 0.1) is 11.6 Å². The number of halogens is 2. The molecule has 2 aromatic heterocycles. The smallest absolute Gasteiger partial charge is 0.322 e. The van der Waals surface area contributed by atoms with Crippen LogP contribution in [-0.2, 0) is 20.1 Å². The van der Waals surface area contributed by atoms with Gasteiger partial charge in [-0.05, 0) is 36.4 Å². The third kappa shape index (κ3) is 4.06. The predicted octanol–water partition coefficient (Wildman–Crippen LogP) is 4.13. The highest BCUT2D eigenvalue weighted by Crippen LogP contribution is 2.16. The first-order valence-electron chi connectivity index (χ1n) is 7.66. The summed E-state index contributed by atoms with van der Waals surface area (Å²) in [7, 11) is 1.88. The maximum Gasteiger partial charge on any atom is 0.322 e. The van der Waals surface area contributed by atoms with Gasteiger partial charge in [-0.2, -0.15) is 0 Å². The zero-order valence-electron chi connectivity index (χ0n) is 13.6. The molecule has 0 spiro atoms. The van der Waals surface area contributed by atoms with Crippen molar-refractivity contribution >= 4 is 11.7 Å². The monoisotopic (exact) mass is 345 g/mol. The van der Waals surface area contributed by atoms with Crippen LogP contribution in [0.25, 0.3) is 0 Å². The summed E-state index contributed by atoms with van der Waals surface area (Å²) in [5.41, 5.74) is 1.10. The van der Waals surface area contributed by atoms with Gasteiger partial charge in [0.25, 0.3) is 0 Å². The van der Waals surface area contributed by atoms with Crippen molar-refractivity contribution in [1.82, 2.24) is 9.47 Å². The van der Waals surface area contributed by atoms with Gasteiger partial charge < -0.3 is 19.2 Å². The van der Waals surface area contributed by atoms with Crippen molar-refractivity contribution < 1.29 is 18.0 Å². The van der Waals surface area contributed by atoms with Crippen LogP contribution in [0.4, 0.5) is 19.3 Å². The molecule has 7 heteroatoms. The van der Waals surface area contributed by atoms with E-state index in [1.807, 2.05) is 29.9 Å². The van der Waals surface area contributed by atoms with Gasteiger partial charge in [0.15, 0.2) is 11.6 Å². The van der Waals surface area contributed by atoms with Crippen molar-refractivity contribution in [2.75, 3.05) is 5.32 Å². The maximum atomic E-state index is 13.3. The van der Waals surface area contributed by atoms with E-state index in [9.17, 15) is 13.6 Å². The molecule has 0 aliphatic carbocycles. The quantitative estimate of drug-likeness (QED) is 0.756. The first-order valence-corrected chi connectivity index (χ1v) is 7.66. The molecule has 3 aromatic rings. The van der Waals surface area contributed by atoms with Crippen molar-refractivity contribution in [3.05, 3.63) is 78.0 Å². The number of anilines is 1. The van der Waals surface area contributed by atoms with Gasteiger partial charge in [-0.3, -0.25) is 0 Å². The number of aromatic nitrogens is 1. The van der Waals surface area contributed by atoms with E-state index in [-0.39, 0.29) is 12.2 Å². The van der Waals surface area contributed by atoms with Crippen molar-refractivity contribution in [3.63, 3.8) is 0 Å². The molecule has 0 saturated carbocycles. The molecule has 0 atom stereocenters. The summed E-state index contributed by atoms with van der Waals surface area (Å²) in [6, 6.07) is 10.1. The molecule has 130 valence electrons. The van der Waals surface area contributed by atoms with Gasteiger partial charge in [-0.1, -0.05) is 0 Å². The summed E-state index contributed by atoms with van der Waals surface area (Å²) < 4.78 is 33.6. The minimum atomic E-state index is -1.02. The van der Waals surface area contributed by atoms with Gasteiger partial charge in [0.1, 0.15) is 5.76 Å². The highest BCUT2D eigenvalue weighted by molar-refractivity contribution is 5.89. The third-order valence-electron chi connectivity index (χ3n) is 3.79. The second-order valence-electron chi connectivity index (χ2n) is 5.60. The summed E-state index contributed by atoms with van der Waals surface area (Å²) >= 11 is 0. The number of carbonyl (C=O) groups excluding carboxylic acids is 1. The van der Waals surface area contributed by atoms with E-state index < -0.39 is 17.7 Å². The molecule has 0 aliphatic heterocycles. The molecule has 0 radical (unpaired) electrons. The lowest BCUT2D eigenvalue weighted by Gasteiger charge is -2.22. The van der Waals surface area contributed by atoms with Gasteiger partial charge in [0.2, 0.25) is 0 Å². The number of hydrogen-bond acceptors (Lipinski definition) is 2. The van der Waals surface area contributed by atoms with Crippen LogP contribution in [-0.4, -0.2) is 15.5 Å². The molecule has 2 amide bonds. The van der Waals surface area contributed by atoms with Gasteiger partial charge in [-0.25, -0.2) is 13.6 Å². The Hall–Kier alpha value is -3.09. The molecule has 1 N–H and O–H groups in total. The Balaban J connectivity index is 1.78. The number of urea groups is 1. The van der Waals surface area contributed by atoms with Crippen molar-refractivity contribution in [2.24, 2.45) is 7.05 Å². The minimum absolute atomic E-state index is 0.181. The number of amides is 2. The highest BCUT2D eigenvalue weighted by Gasteiger charge is 2.18. The van der Waals surface area contributed by atoms with Crippen molar-refractivity contribution in [1.29, 1.82) is 0 Å². The molecular weight excluding hydrogens is 328 g/mol. The third-order valence-corrected chi connectivity index (χ3v) is 3.79. The highest BCUT2D eigenvalue weighted by atomic mass is 19.2. The van der Waals surface area contributed by atoms with E-state index in [4.69, 9.17) is 4.42 Å². The Bertz CT molecular complexity index is 859. The number of rotatable bonds is 5. The van der Waals surface area contributed by atoms with Gasteiger partial charge >= 0.3 is 6.03 Å². The van der Waals surface area contributed by atoms with Crippen LogP contribution >= 0.6 is 0 Å². The van der Waals surface area contributed by atoms with Crippen LogP contribution in [0.1, 0.15) is 11.5 Å². The van der Waals surface area contributed by atoms with E-state index in [1.165, 1.54) is 17.2 Å². The fourth-order valence-corrected chi connectivity index (χ4v) is 2.42. The van der Waals surface area contributed by atoms with E-state index >= 15 is 0 Å². The van der Waals surface area contributed by atoms with E-state index in [0.29, 0.717) is 12.3 Å². The Labute approximate surface area is 143 Å². The molecule has 5 nitrogen and oxygen atoms in total. The zero-order valence-corrected chi connectivity index (χ0v) is 13.6. The summed E-state index contributed by atoms with van der Waals surface area (Å²) in [5.74, 6) is -1.36. The van der Waals surface area contributed by atoms with E-state index in [1.54, 1.807) is 12.1 Å². The maximum absolute atomic E-state index is 13.3. The molecule has 25 heavy (non-hydrogen) atoms. The van der Waals surface area contributed by atoms with E-state index in [0.717, 1.165) is 17.8 Å². The number of nitrogens with one attached hydrogen (secondary N) is 1.